The lowest BCUT2D eigenvalue weighted by molar-refractivity contribution is -0.0164. The van der Waals surface area contributed by atoms with Crippen molar-refractivity contribution in [1.29, 1.82) is 0 Å². The van der Waals surface area contributed by atoms with Crippen LogP contribution in [0.1, 0.15) is 20.8 Å². The Kier molecular flexibility index (Phi) is 4.59. The molecule has 1 heterocycles. The molecule has 15 heavy (non-hydrogen) atoms. The molecule has 0 aromatic carbocycles. The van der Waals surface area contributed by atoms with Gasteiger partial charge in [-0.15, -0.1) is 6.42 Å². The largest absolute Gasteiger partial charge is 0.379 e. The summed E-state index contributed by atoms with van der Waals surface area (Å²) in [5.41, 5.74) is -0.00542. The highest BCUT2D eigenvalue weighted by atomic mass is 16.5. The van der Waals surface area contributed by atoms with Crippen molar-refractivity contribution in [2.24, 2.45) is 0 Å². The predicted octanol–water partition coefficient (Wildman–Crippen LogP) is 0.709. The molecule has 1 aliphatic rings. The van der Waals surface area contributed by atoms with Gasteiger partial charge in [0.05, 0.1) is 19.3 Å². The first kappa shape index (κ1) is 12.5. The summed E-state index contributed by atoms with van der Waals surface area (Å²) in [4.78, 5) is 2.41. The zero-order valence-electron chi connectivity index (χ0n) is 10.0. The van der Waals surface area contributed by atoms with E-state index in [4.69, 9.17) is 11.2 Å². The van der Waals surface area contributed by atoms with Crippen molar-refractivity contribution in [2.45, 2.75) is 32.4 Å². The van der Waals surface area contributed by atoms with E-state index in [9.17, 15) is 0 Å². The molecule has 1 fully saturated rings. The zero-order valence-corrected chi connectivity index (χ0v) is 10.0. The Morgan fingerprint density at radius 3 is 2.53 bits per heavy atom. The SMILES string of the molecule is C#CC(NCC)C(C)(C)N1CCOCC1. The molecule has 0 bridgehead atoms. The average molecular weight is 210 g/mol. The van der Waals surface area contributed by atoms with Crippen LogP contribution in [0.25, 0.3) is 0 Å². The number of nitrogens with zero attached hydrogens (tertiary/aromatic N) is 1. The van der Waals surface area contributed by atoms with Gasteiger partial charge in [-0.1, -0.05) is 12.8 Å². The van der Waals surface area contributed by atoms with E-state index in [0.717, 1.165) is 32.8 Å². The second kappa shape index (κ2) is 5.50. The Labute approximate surface area is 93.2 Å². The standard InChI is InChI=1S/C12H22N2O/c1-5-11(13-6-2)12(3,4)14-7-9-15-10-8-14/h1,11,13H,6-10H2,2-4H3. The third-order valence-electron chi connectivity index (χ3n) is 3.11. The lowest BCUT2D eigenvalue weighted by Gasteiger charge is -2.44. The van der Waals surface area contributed by atoms with Crippen LogP contribution in [0, 0.1) is 12.3 Å². The van der Waals surface area contributed by atoms with Crippen LogP contribution in [0.3, 0.4) is 0 Å². The fourth-order valence-corrected chi connectivity index (χ4v) is 2.04. The summed E-state index contributed by atoms with van der Waals surface area (Å²) in [6.45, 7) is 11.0. The molecule has 1 atom stereocenters. The number of rotatable bonds is 4. The monoisotopic (exact) mass is 210 g/mol. The Hall–Kier alpha value is -0.560. The number of hydrogen-bond donors (Lipinski definition) is 1. The first-order valence-electron chi connectivity index (χ1n) is 5.65. The van der Waals surface area contributed by atoms with Crippen molar-refractivity contribution in [3.05, 3.63) is 0 Å². The molecule has 0 amide bonds. The van der Waals surface area contributed by atoms with E-state index in [0.29, 0.717) is 0 Å². The van der Waals surface area contributed by atoms with Gasteiger partial charge in [-0.2, -0.15) is 0 Å². The normalized spacial score (nSPS) is 20.9. The number of nitrogens with one attached hydrogen (secondary N) is 1. The summed E-state index contributed by atoms with van der Waals surface area (Å²) in [5.74, 6) is 2.85. The maximum atomic E-state index is 5.58. The fourth-order valence-electron chi connectivity index (χ4n) is 2.04. The first-order chi connectivity index (χ1) is 7.12. The third-order valence-corrected chi connectivity index (χ3v) is 3.11. The van der Waals surface area contributed by atoms with Crippen molar-refractivity contribution in [3.63, 3.8) is 0 Å². The van der Waals surface area contributed by atoms with Crippen LogP contribution in [0.15, 0.2) is 0 Å². The average Bonchev–Trinajstić information content (AvgIpc) is 2.27. The van der Waals surface area contributed by atoms with Crippen LogP contribution in [-0.2, 0) is 4.74 Å². The van der Waals surface area contributed by atoms with Crippen LogP contribution in [0.5, 0.6) is 0 Å². The van der Waals surface area contributed by atoms with Crippen molar-refractivity contribution in [2.75, 3.05) is 32.8 Å². The smallest absolute Gasteiger partial charge is 0.0867 e. The topological polar surface area (TPSA) is 24.5 Å². The van der Waals surface area contributed by atoms with E-state index in [2.05, 4.69) is 36.9 Å². The summed E-state index contributed by atoms with van der Waals surface area (Å²) >= 11 is 0. The molecule has 1 rings (SSSR count). The van der Waals surface area contributed by atoms with Crippen molar-refractivity contribution < 1.29 is 4.74 Å². The Morgan fingerprint density at radius 1 is 1.47 bits per heavy atom. The molecule has 1 aliphatic heterocycles. The van der Waals surface area contributed by atoms with Crippen molar-refractivity contribution >= 4 is 0 Å². The van der Waals surface area contributed by atoms with Crippen molar-refractivity contribution in [1.82, 2.24) is 10.2 Å². The molecule has 1 N–H and O–H groups in total. The molecule has 86 valence electrons. The summed E-state index contributed by atoms with van der Waals surface area (Å²) < 4.78 is 5.35. The summed E-state index contributed by atoms with van der Waals surface area (Å²) in [5, 5.41) is 3.35. The molecule has 0 aliphatic carbocycles. The Bertz CT molecular complexity index is 226. The molecule has 0 radical (unpaired) electrons. The maximum absolute atomic E-state index is 5.58. The van der Waals surface area contributed by atoms with E-state index < -0.39 is 0 Å². The molecule has 0 aromatic rings. The molecule has 0 spiro atoms. The molecular weight excluding hydrogens is 188 g/mol. The molecule has 0 aromatic heterocycles. The van der Waals surface area contributed by atoms with Gasteiger partial charge in [0.2, 0.25) is 0 Å². The summed E-state index contributed by atoms with van der Waals surface area (Å²) in [6.07, 6.45) is 5.58. The minimum absolute atomic E-state index is 0.00542. The van der Waals surface area contributed by atoms with Gasteiger partial charge in [0.15, 0.2) is 0 Å². The summed E-state index contributed by atoms with van der Waals surface area (Å²) in [6, 6.07) is 0.0978. The fraction of sp³-hybridized carbons (Fsp3) is 0.833. The second-order valence-electron chi connectivity index (χ2n) is 4.41. The minimum atomic E-state index is -0.00542. The maximum Gasteiger partial charge on any atom is 0.0867 e. The molecular formula is C12H22N2O. The van der Waals surface area contributed by atoms with Crippen molar-refractivity contribution in [3.8, 4) is 12.3 Å². The van der Waals surface area contributed by atoms with Gasteiger partial charge in [0.1, 0.15) is 0 Å². The number of likely N-dealkylation sites (N-methyl/N-ethyl adjacent to an activating group) is 1. The van der Waals surface area contributed by atoms with Crippen LogP contribution in [0.4, 0.5) is 0 Å². The van der Waals surface area contributed by atoms with E-state index in [1.165, 1.54) is 0 Å². The number of hydrogen-bond acceptors (Lipinski definition) is 3. The van der Waals surface area contributed by atoms with Crippen LogP contribution < -0.4 is 5.32 Å². The van der Waals surface area contributed by atoms with Gasteiger partial charge in [-0.3, -0.25) is 4.90 Å². The summed E-state index contributed by atoms with van der Waals surface area (Å²) in [7, 11) is 0. The van der Waals surface area contributed by atoms with Gasteiger partial charge in [-0.05, 0) is 20.4 Å². The predicted molar refractivity (Wildman–Crippen MR) is 62.8 cm³/mol. The highest BCUT2D eigenvalue weighted by Gasteiger charge is 2.34. The molecule has 3 heteroatoms. The highest BCUT2D eigenvalue weighted by Crippen LogP contribution is 2.20. The van der Waals surface area contributed by atoms with E-state index >= 15 is 0 Å². The van der Waals surface area contributed by atoms with Crippen LogP contribution in [0.2, 0.25) is 0 Å². The van der Waals surface area contributed by atoms with Gasteiger partial charge in [-0.25, -0.2) is 0 Å². The number of ether oxygens (including phenoxy) is 1. The van der Waals surface area contributed by atoms with Gasteiger partial charge < -0.3 is 10.1 Å². The molecule has 1 unspecified atom stereocenters. The second-order valence-corrected chi connectivity index (χ2v) is 4.41. The van der Waals surface area contributed by atoms with Gasteiger partial charge in [0.25, 0.3) is 0 Å². The molecule has 3 nitrogen and oxygen atoms in total. The zero-order chi connectivity index (χ0) is 11.3. The lowest BCUT2D eigenvalue weighted by Crippen LogP contribution is -2.59. The lowest BCUT2D eigenvalue weighted by atomic mass is 9.92. The Balaban J connectivity index is 2.65. The quantitative estimate of drug-likeness (QED) is 0.692. The van der Waals surface area contributed by atoms with Crippen LogP contribution in [-0.4, -0.2) is 49.3 Å². The van der Waals surface area contributed by atoms with E-state index in [-0.39, 0.29) is 11.6 Å². The number of terminal acetylenes is 1. The third kappa shape index (κ3) is 2.94. The van der Waals surface area contributed by atoms with Crippen LogP contribution >= 0.6 is 0 Å². The molecule has 0 saturated carbocycles. The first-order valence-corrected chi connectivity index (χ1v) is 5.65. The Morgan fingerprint density at radius 2 is 2.07 bits per heavy atom. The number of morpholine rings is 1. The van der Waals surface area contributed by atoms with Gasteiger partial charge >= 0.3 is 0 Å². The van der Waals surface area contributed by atoms with Gasteiger partial charge in [0, 0.05) is 18.6 Å². The molecule has 1 saturated heterocycles. The minimum Gasteiger partial charge on any atom is -0.379 e. The highest BCUT2D eigenvalue weighted by molar-refractivity contribution is 5.10. The van der Waals surface area contributed by atoms with E-state index in [1.54, 1.807) is 0 Å². The van der Waals surface area contributed by atoms with E-state index in [1.807, 2.05) is 0 Å².